The van der Waals surface area contributed by atoms with Gasteiger partial charge in [-0.15, -0.1) is 0 Å². The largest absolute Gasteiger partial charge is 0.352 e. The molecule has 0 aromatic carbocycles. The minimum atomic E-state index is -0.106. The van der Waals surface area contributed by atoms with Crippen LogP contribution in [0.1, 0.15) is 55.4 Å². The molecule has 0 spiro atoms. The number of anilines is 2. The molecule has 0 atom stereocenters. The third-order valence-corrected chi connectivity index (χ3v) is 8.59. The highest BCUT2D eigenvalue weighted by Gasteiger charge is 2.31. The number of amides is 1. The second-order valence-corrected chi connectivity index (χ2v) is 11.6. The van der Waals surface area contributed by atoms with Crippen molar-refractivity contribution >= 4 is 33.7 Å². The molecule has 1 saturated heterocycles. The van der Waals surface area contributed by atoms with Gasteiger partial charge in [0.15, 0.2) is 0 Å². The molecule has 2 N–H and O–H groups in total. The quantitative estimate of drug-likeness (QED) is 0.265. The fourth-order valence-corrected chi connectivity index (χ4v) is 6.18. The predicted molar refractivity (Wildman–Crippen MR) is 164 cm³/mol. The highest BCUT2D eigenvalue weighted by atomic mass is 16.1. The van der Waals surface area contributed by atoms with E-state index in [1.165, 1.54) is 12.8 Å². The molecule has 0 radical (unpaired) electrons. The van der Waals surface area contributed by atoms with Crippen molar-refractivity contribution in [3.63, 3.8) is 0 Å². The molecular weight excluding hydrogens is 512 g/mol. The molecular formula is C32H38N8O. The van der Waals surface area contributed by atoms with Crippen LogP contribution in [0.4, 0.5) is 11.4 Å². The van der Waals surface area contributed by atoms with E-state index >= 15 is 0 Å². The molecule has 1 aliphatic heterocycles. The number of fused-ring (bicyclic) bond motifs is 3. The molecule has 41 heavy (non-hydrogen) atoms. The first kappa shape index (κ1) is 27.0. The number of likely N-dealkylation sites (tertiary alicyclic amines) is 1. The van der Waals surface area contributed by atoms with Gasteiger partial charge in [-0.1, -0.05) is 13.0 Å². The Bertz CT molecular complexity index is 1730. The van der Waals surface area contributed by atoms with E-state index in [4.69, 9.17) is 5.10 Å². The Balaban J connectivity index is 1.29. The zero-order chi connectivity index (χ0) is 28.7. The van der Waals surface area contributed by atoms with Gasteiger partial charge in [0.25, 0.3) is 5.91 Å². The summed E-state index contributed by atoms with van der Waals surface area (Å²) >= 11 is 0. The van der Waals surface area contributed by atoms with Crippen molar-refractivity contribution < 1.29 is 4.79 Å². The summed E-state index contributed by atoms with van der Waals surface area (Å²) < 4.78 is 4.16. The van der Waals surface area contributed by atoms with Gasteiger partial charge in [0.2, 0.25) is 0 Å². The number of hydrogen-bond donors (Lipinski definition) is 2. The summed E-state index contributed by atoms with van der Waals surface area (Å²) in [6.45, 7) is 11.2. The average Bonchev–Trinajstić information content (AvgIpc) is 3.63. The zero-order valence-corrected chi connectivity index (χ0v) is 24.5. The maximum atomic E-state index is 13.1. The number of rotatable bonds is 8. The Morgan fingerprint density at radius 3 is 2.73 bits per heavy atom. The smallest absolute Gasteiger partial charge is 0.252 e. The van der Waals surface area contributed by atoms with Gasteiger partial charge < -0.3 is 15.2 Å². The molecule has 6 rings (SSSR count). The fraction of sp³-hybridized carbons (Fsp3) is 0.375. The molecule has 6 heterocycles. The number of nitrogens with zero attached hydrogens (tertiary/aromatic N) is 6. The van der Waals surface area contributed by atoms with Gasteiger partial charge in [-0.25, -0.2) is 4.52 Å². The van der Waals surface area contributed by atoms with E-state index in [0.717, 1.165) is 69.8 Å². The van der Waals surface area contributed by atoms with Gasteiger partial charge in [-0.2, -0.15) is 5.10 Å². The highest BCUT2D eigenvalue weighted by molar-refractivity contribution is 6.05. The van der Waals surface area contributed by atoms with Gasteiger partial charge in [0, 0.05) is 72.7 Å². The summed E-state index contributed by atoms with van der Waals surface area (Å²) in [5.41, 5.74) is 8.77. The van der Waals surface area contributed by atoms with Crippen LogP contribution in [0.15, 0.2) is 55.2 Å². The summed E-state index contributed by atoms with van der Waals surface area (Å²) in [5, 5.41) is 12.5. The van der Waals surface area contributed by atoms with Crippen molar-refractivity contribution in [1.82, 2.24) is 34.4 Å². The minimum Gasteiger partial charge on any atom is -0.352 e. The lowest BCUT2D eigenvalue weighted by Crippen LogP contribution is -2.43. The molecule has 0 saturated carbocycles. The zero-order valence-electron chi connectivity index (χ0n) is 24.5. The lowest BCUT2D eigenvalue weighted by Gasteiger charge is -2.31. The van der Waals surface area contributed by atoms with Gasteiger partial charge in [-0.05, 0) is 64.8 Å². The number of nitrogens with one attached hydrogen (secondary N) is 2. The van der Waals surface area contributed by atoms with Crippen LogP contribution < -0.4 is 10.6 Å². The van der Waals surface area contributed by atoms with E-state index < -0.39 is 0 Å². The van der Waals surface area contributed by atoms with Crippen LogP contribution in [0.2, 0.25) is 0 Å². The van der Waals surface area contributed by atoms with Crippen LogP contribution in [0, 0.1) is 6.92 Å². The summed E-state index contributed by atoms with van der Waals surface area (Å²) in [4.78, 5) is 24.4. The van der Waals surface area contributed by atoms with Crippen LogP contribution in [0.5, 0.6) is 0 Å². The first-order chi connectivity index (χ1) is 19.8. The maximum absolute atomic E-state index is 13.1. The Hall–Kier alpha value is -4.24. The van der Waals surface area contributed by atoms with Crippen LogP contribution in [0.3, 0.4) is 0 Å². The second-order valence-electron chi connectivity index (χ2n) is 11.6. The third-order valence-electron chi connectivity index (χ3n) is 8.59. The fourth-order valence-electron chi connectivity index (χ4n) is 6.18. The highest BCUT2D eigenvalue weighted by Crippen LogP contribution is 2.37. The number of carbonyl (C=O) groups excluding carboxylic acids is 1. The van der Waals surface area contributed by atoms with Crippen LogP contribution in [-0.2, 0) is 13.5 Å². The van der Waals surface area contributed by atoms with E-state index in [2.05, 4.69) is 70.0 Å². The lowest BCUT2D eigenvalue weighted by molar-refractivity contribution is 0.0940. The van der Waals surface area contributed by atoms with Crippen LogP contribution >= 0.6 is 0 Å². The summed E-state index contributed by atoms with van der Waals surface area (Å²) in [5.74, 6) is -0.106. The first-order valence-corrected chi connectivity index (χ1v) is 14.4. The molecule has 9 nitrogen and oxygen atoms in total. The monoisotopic (exact) mass is 550 g/mol. The molecule has 5 aromatic heterocycles. The second kappa shape index (κ2) is 10.6. The average molecular weight is 551 g/mol. The summed E-state index contributed by atoms with van der Waals surface area (Å²) in [6.07, 6.45) is 12.5. The number of pyridine rings is 2. The van der Waals surface area contributed by atoms with E-state index in [1.54, 1.807) is 12.4 Å². The predicted octanol–water partition coefficient (Wildman–Crippen LogP) is 5.50. The van der Waals surface area contributed by atoms with Crippen molar-refractivity contribution in [2.45, 2.75) is 52.5 Å². The van der Waals surface area contributed by atoms with E-state index in [9.17, 15) is 4.79 Å². The van der Waals surface area contributed by atoms with Crippen molar-refractivity contribution in [1.29, 1.82) is 0 Å². The molecule has 0 bridgehead atoms. The van der Waals surface area contributed by atoms with Crippen molar-refractivity contribution in [3.05, 3.63) is 72.2 Å². The normalized spacial score (nSPS) is 15.1. The molecule has 0 unspecified atom stereocenters. The Morgan fingerprint density at radius 1 is 1.15 bits per heavy atom. The Kier molecular flexibility index (Phi) is 6.99. The Labute approximate surface area is 240 Å². The van der Waals surface area contributed by atoms with Crippen LogP contribution in [-0.4, -0.2) is 60.1 Å². The van der Waals surface area contributed by atoms with E-state index in [-0.39, 0.29) is 11.4 Å². The van der Waals surface area contributed by atoms with Crippen molar-refractivity contribution in [3.8, 4) is 11.1 Å². The number of hydrogen-bond acceptors (Lipinski definition) is 6. The van der Waals surface area contributed by atoms with Gasteiger partial charge in [0.05, 0.1) is 39.9 Å². The maximum Gasteiger partial charge on any atom is 0.252 e. The number of aryl methyl sites for hydroxylation is 2. The molecule has 1 fully saturated rings. The third kappa shape index (κ3) is 4.95. The van der Waals surface area contributed by atoms with Gasteiger partial charge >= 0.3 is 0 Å². The van der Waals surface area contributed by atoms with Crippen LogP contribution in [0.25, 0.3) is 27.5 Å². The molecule has 0 aliphatic carbocycles. The van der Waals surface area contributed by atoms with E-state index in [1.807, 2.05) is 42.2 Å². The SMILES string of the molecule is CCc1c(Nc2cc(C(=O)NCCN3CCCC3(C)C)cnc2C)c2cnn3cc(-c4cccnc4)cc3c2n1C. The molecule has 1 amide bonds. The Morgan fingerprint density at radius 2 is 2.00 bits per heavy atom. The number of carbonyl (C=O) groups is 1. The molecule has 1 aliphatic rings. The first-order valence-electron chi connectivity index (χ1n) is 14.4. The lowest BCUT2D eigenvalue weighted by atomic mass is 10.0. The molecule has 212 valence electrons. The van der Waals surface area contributed by atoms with Gasteiger partial charge in [0.1, 0.15) is 0 Å². The number of aromatic nitrogens is 5. The van der Waals surface area contributed by atoms with Crippen molar-refractivity contribution in [2.24, 2.45) is 7.05 Å². The standard InChI is InChI=1S/C32H38N8O/c1-6-27-29(25-19-36-40-20-24(22-9-7-11-33-17-22)16-28(40)30(25)38(27)5)37-26-15-23(18-35-21(26)2)31(41)34-12-14-39-13-8-10-32(39,3)4/h7,9,11,15-20,37H,6,8,10,12-14H2,1-5H3,(H,34,41). The molecule has 9 heteroatoms. The van der Waals surface area contributed by atoms with Crippen molar-refractivity contribution in [2.75, 3.05) is 25.0 Å². The van der Waals surface area contributed by atoms with Gasteiger partial charge in [-0.3, -0.25) is 19.7 Å². The topological polar surface area (TPSA) is 92.4 Å². The summed E-state index contributed by atoms with van der Waals surface area (Å²) in [6, 6.07) is 8.07. The van der Waals surface area contributed by atoms with E-state index in [0.29, 0.717) is 12.1 Å². The summed E-state index contributed by atoms with van der Waals surface area (Å²) in [7, 11) is 2.10. The molecule has 5 aromatic rings. The minimum absolute atomic E-state index is 0.106.